The van der Waals surface area contributed by atoms with Gasteiger partial charge in [-0.3, -0.25) is 0 Å². The molecular weight excluding hydrogens is 218 g/mol. The molecule has 0 spiro atoms. The second-order valence-corrected chi connectivity index (χ2v) is 4.90. The van der Waals surface area contributed by atoms with Crippen LogP contribution in [-0.4, -0.2) is 29.8 Å². The van der Waals surface area contributed by atoms with Crippen LogP contribution in [0.5, 0.6) is 0 Å². The number of nitrogens with one attached hydrogen (secondary N) is 1. The molecule has 0 amide bonds. The number of aromatic nitrogens is 2. The molecule has 1 heterocycles. The van der Waals surface area contributed by atoms with Crippen molar-refractivity contribution in [2.45, 2.75) is 45.3 Å². The van der Waals surface area contributed by atoms with Crippen molar-refractivity contribution >= 4 is 0 Å². The minimum absolute atomic E-state index is 0.0190. The fraction of sp³-hybridized carbons (Fsp3) is 0.833. The van der Waals surface area contributed by atoms with Gasteiger partial charge in [0, 0.05) is 26.1 Å². The minimum atomic E-state index is 0.0190. The van der Waals surface area contributed by atoms with E-state index in [-0.39, 0.29) is 6.10 Å². The molecular formula is C12H21N3O2. The summed E-state index contributed by atoms with van der Waals surface area (Å²) in [5, 5.41) is 7.33. The van der Waals surface area contributed by atoms with Crippen molar-refractivity contribution < 1.29 is 9.26 Å². The highest BCUT2D eigenvalue weighted by Gasteiger charge is 2.35. The monoisotopic (exact) mass is 239 g/mol. The van der Waals surface area contributed by atoms with Crippen molar-refractivity contribution in [3.63, 3.8) is 0 Å². The van der Waals surface area contributed by atoms with Gasteiger partial charge in [0.25, 0.3) is 0 Å². The minimum Gasteiger partial charge on any atom is -0.373 e. The molecule has 1 saturated carbocycles. The average molecular weight is 239 g/mol. The Kier molecular flexibility index (Phi) is 4.12. The van der Waals surface area contributed by atoms with Gasteiger partial charge in [0.2, 0.25) is 11.7 Å². The van der Waals surface area contributed by atoms with Crippen LogP contribution in [0.15, 0.2) is 4.52 Å². The normalized spacial score (nSPS) is 17.6. The summed E-state index contributed by atoms with van der Waals surface area (Å²) in [6, 6.07) is 0.482. The highest BCUT2D eigenvalue weighted by molar-refractivity contribution is 4.98. The van der Waals surface area contributed by atoms with Crippen LogP contribution in [0.4, 0.5) is 0 Å². The highest BCUT2D eigenvalue weighted by Crippen LogP contribution is 2.41. The predicted octanol–water partition coefficient (Wildman–Crippen LogP) is 1.71. The number of ether oxygens (including phenoxy) is 1. The van der Waals surface area contributed by atoms with Crippen LogP contribution < -0.4 is 5.32 Å². The van der Waals surface area contributed by atoms with E-state index in [0.717, 1.165) is 13.0 Å². The Bertz CT molecular complexity index is 347. The molecule has 5 nitrogen and oxygen atoms in total. The standard InChI is InChI=1S/C12H21N3O2/c1-8(2)13-7-6-10-14-12(15-17-10)11(16-3)9-4-5-9/h8-9,11,13H,4-7H2,1-3H3. The average Bonchev–Trinajstić information content (AvgIpc) is 3.00. The van der Waals surface area contributed by atoms with Gasteiger partial charge in [0.1, 0.15) is 6.10 Å². The molecule has 1 aromatic rings. The Morgan fingerprint density at radius 1 is 1.47 bits per heavy atom. The summed E-state index contributed by atoms with van der Waals surface area (Å²) in [4.78, 5) is 4.40. The summed E-state index contributed by atoms with van der Waals surface area (Å²) in [6.07, 6.45) is 3.20. The predicted molar refractivity (Wildman–Crippen MR) is 63.6 cm³/mol. The first-order valence-electron chi connectivity index (χ1n) is 6.29. The molecule has 5 heteroatoms. The van der Waals surface area contributed by atoms with E-state index in [2.05, 4.69) is 29.3 Å². The van der Waals surface area contributed by atoms with Crippen LogP contribution >= 0.6 is 0 Å². The first kappa shape index (κ1) is 12.5. The quantitative estimate of drug-likeness (QED) is 0.785. The van der Waals surface area contributed by atoms with Crippen LogP contribution in [0, 0.1) is 5.92 Å². The second kappa shape index (κ2) is 5.60. The number of hydrogen-bond acceptors (Lipinski definition) is 5. The first-order valence-corrected chi connectivity index (χ1v) is 6.29. The summed E-state index contributed by atoms with van der Waals surface area (Å²) in [5.74, 6) is 1.98. The molecule has 1 aliphatic rings. The molecule has 0 aromatic carbocycles. The van der Waals surface area contributed by atoms with Gasteiger partial charge in [-0.05, 0) is 18.8 Å². The number of nitrogens with zero attached hydrogens (tertiary/aromatic N) is 2. The second-order valence-electron chi connectivity index (χ2n) is 4.90. The Morgan fingerprint density at radius 2 is 2.24 bits per heavy atom. The van der Waals surface area contributed by atoms with E-state index >= 15 is 0 Å². The lowest BCUT2D eigenvalue weighted by molar-refractivity contribution is 0.0751. The van der Waals surface area contributed by atoms with E-state index in [4.69, 9.17) is 9.26 Å². The molecule has 17 heavy (non-hydrogen) atoms. The topological polar surface area (TPSA) is 60.2 Å². The van der Waals surface area contributed by atoms with E-state index in [0.29, 0.717) is 23.7 Å². The zero-order valence-corrected chi connectivity index (χ0v) is 10.8. The van der Waals surface area contributed by atoms with Gasteiger partial charge in [0.15, 0.2) is 0 Å². The Morgan fingerprint density at radius 3 is 2.82 bits per heavy atom. The van der Waals surface area contributed by atoms with E-state index in [1.165, 1.54) is 12.8 Å². The van der Waals surface area contributed by atoms with Gasteiger partial charge in [-0.15, -0.1) is 0 Å². The molecule has 0 radical (unpaired) electrons. The summed E-state index contributed by atoms with van der Waals surface area (Å²) in [6.45, 7) is 5.10. The maximum atomic E-state index is 5.42. The highest BCUT2D eigenvalue weighted by atomic mass is 16.5. The van der Waals surface area contributed by atoms with Crippen molar-refractivity contribution in [1.82, 2.24) is 15.5 Å². The summed E-state index contributed by atoms with van der Waals surface area (Å²) in [7, 11) is 1.71. The van der Waals surface area contributed by atoms with E-state index in [1.807, 2.05) is 0 Å². The lowest BCUT2D eigenvalue weighted by atomic mass is 10.2. The third-order valence-electron chi connectivity index (χ3n) is 2.93. The maximum absolute atomic E-state index is 5.42. The van der Waals surface area contributed by atoms with Crippen molar-refractivity contribution in [2.24, 2.45) is 5.92 Å². The lowest BCUT2D eigenvalue weighted by Crippen LogP contribution is -2.25. The Hall–Kier alpha value is -0.940. The van der Waals surface area contributed by atoms with Gasteiger partial charge in [0.05, 0.1) is 0 Å². The smallest absolute Gasteiger partial charge is 0.228 e. The molecule has 96 valence electrons. The molecule has 1 atom stereocenters. The first-order chi connectivity index (χ1) is 8.20. The number of methoxy groups -OCH3 is 1. The van der Waals surface area contributed by atoms with Crippen molar-refractivity contribution in [3.8, 4) is 0 Å². The number of rotatable bonds is 7. The fourth-order valence-corrected chi connectivity index (χ4v) is 1.86. The van der Waals surface area contributed by atoms with E-state index in [9.17, 15) is 0 Å². The Labute approximate surface area is 102 Å². The maximum Gasteiger partial charge on any atom is 0.228 e. The van der Waals surface area contributed by atoms with Gasteiger partial charge < -0.3 is 14.6 Å². The van der Waals surface area contributed by atoms with Gasteiger partial charge in [-0.1, -0.05) is 19.0 Å². The van der Waals surface area contributed by atoms with Gasteiger partial charge in [-0.2, -0.15) is 4.98 Å². The molecule has 0 bridgehead atoms. The zero-order valence-electron chi connectivity index (χ0n) is 10.8. The Balaban J connectivity index is 1.86. The molecule has 1 N–H and O–H groups in total. The van der Waals surface area contributed by atoms with Crippen LogP contribution in [0.3, 0.4) is 0 Å². The third-order valence-corrected chi connectivity index (χ3v) is 2.93. The van der Waals surface area contributed by atoms with Crippen molar-refractivity contribution in [2.75, 3.05) is 13.7 Å². The zero-order chi connectivity index (χ0) is 12.3. The molecule has 2 rings (SSSR count). The van der Waals surface area contributed by atoms with Gasteiger partial charge >= 0.3 is 0 Å². The van der Waals surface area contributed by atoms with Gasteiger partial charge in [-0.25, -0.2) is 0 Å². The van der Waals surface area contributed by atoms with Crippen LogP contribution in [-0.2, 0) is 11.2 Å². The molecule has 1 fully saturated rings. The fourth-order valence-electron chi connectivity index (χ4n) is 1.86. The third kappa shape index (κ3) is 3.51. The summed E-state index contributed by atoms with van der Waals surface area (Å²) in [5.41, 5.74) is 0. The SMILES string of the molecule is COC(c1noc(CCNC(C)C)n1)C1CC1. The lowest BCUT2D eigenvalue weighted by Gasteiger charge is -2.08. The molecule has 0 saturated heterocycles. The van der Waals surface area contributed by atoms with Crippen LogP contribution in [0.25, 0.3) is 0 Å². The van der Waals surface area contributed by atoms with E-state index < -0.39 is 0 Å². The molecule has 1 unspecified atom stereocenters. The van der Waals surface area contributed by atoms with E-state index in [1.54, 1.807) is 7.11 Å². The van der Waals surface area contributed by atoms with Crippen LogP contribution in [0.1, 0.15) is 44.5 Å². The largest absolute Gasteiger partial charge is 0.373 e. The summed E-state index contributed by atoms with van der Waals surface area (Å²) < 4.78 is 10.6. The number of hydrogen-bond donors (Lipinski definition) is 1. The van der Waals surface area contributed by atoms with Crippen molar-refractivity contribution in [3.05, 3.63) is 11.7 Å². The van der Waals surface area contributed by atoms with Crippen molar-refractivity contribution in [1.29, 1.82) is 0 Å². The molecule has 0 aliphatic heterocycles. The summed E-state index contributed by atoms with van der Waals surface area (Å²) >= 11 is 0. The molecule has 1 aromatic heterocycles. The molecule has 1 aliphatic carbocycles. The van der Waals surface area contributed by atoms with Crippen LogP contribution in [0.2, 0.25) is 0 Å².